The van der Waals surface area contributed by atoms with Gasteiger partial charge in [-0.3, -0.25) is 19.2 Å². The second kappa shape index (κ2) is 15.1. The van der Waals surface area contributed by atoms with Crippen molar-refractivity contribution in [2.24, 2.45) is 5.41 Å². The number of nitrogens with zero attached hydrogens (tertiary/aromatic N) is 3. The van der Waals surface area contributed by atoms with Gasteiger partial charge in [0.25, 0.3) is 0 Å². The van der Waals surface area contributed by atoms with Crippen LogP contribution in [0.2, 0.25) is 0 Å². The summed E-state index contributed by atoms with van der Waals surface area (Å²) in [7, 11) is 0. The van der Waals surface area contributed by atoms with Gasteiger partial charge in [-0.1, -0.05) is 33.3 Å². The van der Waals surface area contributed by atoms with Gasteiger partial charge in [0, 0.05) is 57.5 Å². The Morgan fingerprint density at radius 1 is 1.13 bits per heavy atom. The van der Waals surface area contributed by atoms with Crippen LogP contribution < -0.4 is 20.7 Å². The maximum absolute atomic E-state index is 13.9. The number of aromatic nitrogens is 1. The van der Waals surface area contributed by atoms with Gasteiger partial charge in [-0.25, -0.2) is 4.98 Å². The summed E-state index contributed by atoms with van der Waals surface area (Å²) in [6, 6.07) is 4.89. The zero-order chi connectivity index (χ0) is 33.7. The highest BCUT2D eigenvalue weighted by molar-refractivity contribution is 7.13. The number of carbonyl (C=O) groups excluding carboxylic acids is 4. The number of ether oxygens (including phenoxy) is 1. The number of rotatable bonds is 11. The van der Waals surface area contributed by atoms with Crippen LogP contribution in [0.4, 0.5) is 0 Å². The predicted octanol–water partition coefficient (Wildman–Crippen LogP) is 2.75. The molecule has 12 nitrogen and oxygen atoms in total. The van der Waals surface area contributed by atoms with Crippen molar-refractivity contribution < 1.29 is 29.0 Å². The number of aliphatic hydroxyl groups is 1. The summed E-state index contributed by atoms with van der Waals surface area (Å²) < 4.78 is 5.91. The summed E-state index contributed by atoms with van der Waals surface area (Å²) >= 11 is 1.56. The zero-order valence-corrected chi connectivity index (χ0v) is 28.7. The van der Waals surface area contributed by atoms with E-state index < -0.39 is 29.6 Å². The Kier molecular flexibility index (Phi) is 11.2. The van der Waals surface area contributed by atoms with Crippen LogP contribution in [0.3, 0.4) is 0 Å². The minimum absolute atomic E-state index is 0.0611. The lowest BCUT2D eigenvalue weighted by Crippen LogP contribution is -2.58. The first-order valence-electron chi connectivity index (χ1n) is 16.7. The van der Waals surface area contributed by atoms with Gasteiger partial charge in [0.15, 0.2) is 0 Å². The number of nitrogens with one attached hydrogen (secondary N) is 3. The Bertz CT molecular complexity index is 1450. The van der Waals surface area contributed by atoms with Crippen molar-refractivity contribution in [2.45, 2.75) is 97.1 Å². The molecule has 3 aliphatic heterocycles. The quantitative estimate of drug-likeness (QED) is 0.267. The van der Waals surface area contributed by atoms with Crippen molar-refractivity contribution in [3.05, 3.63) is 35.0 Å². The van der Waals surface area contributed by atoms with E-state index in [4.69, 9.17) is 4.74 Å². The lowest BCUT2D eigenvalue weighted by molar-refractivity contribution is -0.141. The van der Waals surface area contributed by atoms with Gasteiger partial charge in [0.05, 0.1) is 28.1 Å². The van der Waals surface area contributed by atoms with Crippen molar-refractivity contribution in [3.63, 3.8) is 0 Å². The molecule has 0 unspecified atom stereocenters. The Balaban J connectivity index is 1.15. The molecule has 0 bridgehead atoms. The van der Waals surface area contributed by atoms with Gasteiger partial charge < -0.3 is 35.6 Å². The smallest absolute Gasteiger partial charge is 0.247 e. The third-order valence-corrected chi connectivity index (χ3v) is 10.1. The molecule has 0 aliphatic carbocycles. The van der Waals surface area contributed by atoms with E-state index in [0.717, 1.165) is 54.3 Å². The third kappa shape index (κ3) is 8.49. The normalized spacial score (nSPS) is 20.4. The molecular weight excluding hydrogens is 620 g/mol. The average Bonchev–Trinajstić information content (AvgIpc) is 3.68. The number of hydrogen-bond donors (Lipinski definition) is 4. The first-order valence-corrected chi connectivity index (χ1v) is 17.6. The largest absolute Gasteiger partial charge is 0.487 e. The van der Waals surface area contributed by atoms with Crippen molar-refractivity contribution in [2.75, 3.05) is 32.7 Å². The number of fused-ring (bicyclic) bond motifs is 3. The van der Waals surface area contributed by atoms with Crippen LogP contribution in [0.15, 0.2) is 23.7 Å². The van der Waals surface area contributed by atoms with Crippen LogP contribution in [-0.4, -0.2) is 94.6 Å². The Morgan fingerprint density at radius 3 is 2.62 bits per heavy atom. The number of piperazine rings is 1. The fraction of sp³-hybridized carbons (Fsp3) is 0.618. The summed E-state index contributed by atoms with van der Waals surface area (Å²) in [5.74, 6) is -0.524. The van der Waals surface area contributed by atoms with Crippen molar-refractivity contribution >= 4 is 35.0 Å². The lowest BCUT2D eigenvalue weighted by Gasteiger charge is -2.36. The molecule has 1 aromatic carbocycles. The molecule has 0 radical (unpaired) electrons. The molecule has 47 heavy (non-hydrogen) atoms. The summed E-state index contributed by atoms with van der Waals surface area (Å²) in [5, 5.41) is 19.7. The van der Waals surface area contributed by atoms with Crippen LogP contribution in [0.25, 0.3) is 10.4 Å². The van der Waals surface area contributed by atoms with E-state index in [-0.39, 0.29) is 43.0 Å². The number of carbonyl (C=O) groups is 4. The van der Waals surface area contributed by atoms with E-state index >= 15 is 0 Å². The van der Waals surface area contributed by atoms with Gasteiger partial charge in [-0.15, -0.1) is 11.3 Å². The number of unbranched alkanes of at least 4 members (excludes halogenated alkanes) is 2. The van der Waals surface area contributed by atoms with Gasteiger partial charge in [0.2, 0.25) is 23.6 Å². The molecular formula is C34H48N6O6S. The predicted molar refractivity (Wildman–Crippen MR) is 178 cm³/mol. The summed E-state index contributed by atoms with van der Waals surface area (Å²) in [6.07, 6.45) is 1.48. The molecule has 0 saturated carbocycles. The molecule has 1 aromatic heterocycles. The number of hydrogen-bond acceptors (Lipinski definition) is 9. The van der Waals surface area contributed by atoms with Crippen LogP contribution in [-0.2, 0) is 25.8 Å². The van der Waals surface area contributed by atoms with Crippen LogP contribution in [0.1, 0.15) is 83.4 Å². The zero-order valence-electron chi connectivity index (χ0n) is 27.8. The highest BCUT2D eigenvalue weighted by atomic mass is 32.1. The molecule has 4 atom stereocenters. The second-order valence-electron chi connectivity index (χ2n) is 13.9. The van der Waals surface area contributed by atoms with E-state index in [9.17, 15) is 24.3 Å². The minimum atomic E-state index is -0.846. The first-order chi connectivity index (χ1) is 22.4. The van der Waals surface area contributed by atoms with Crippen molar-refractivity contribution in [1.82, 2.24) is 30.7 Å². The van der Waals surface area contributed by atoms with E-state index in [0.29, 0.717) is 31.6 Å². The van der Waals surface area contributed by atoms with Gasteiger partial charge >= 0.3 is 0 Å². The van der Waals surface area contributed by atoms with Crippen molar-refractivity contribution in [3.8, 4) is 16.2 Å². The molecule has 4 heterocycles. The maximum atomic E-state index is 13.9. The molecule has 3 aliphatic rings. The lowest BCUT2D eigenvalue weighted by atomic mass is 9.85. The topological polar surface area (TPSA) is 153 Å². The van der Waals surface area contributed by atoms with E-state index in [1.165, 1.54) is 4.90 Å². The highest BCUT2D eigenvalue weighted by Crippen LogP contribution is 2.41. The highest BCUT2D eigenvalue weighted by Gasteiger charge is 2.43. The molecule has 256 valence electrons. The summed E-state index contributed by atoms with van der Waals surface area (Å²) in [6.45, 7) is 11.0. The number of β-amino-alcohol motifs (C(OH)–C–C–N with tert-alkyl or cyclic N) is 1. The van der Waals surface area contributed by atoms with Crippen LogP contribution in [0.5, 0.6) is 5.75 Å². The van der Waals surface area contributed by atoms with Crippen LogP contribution >= 0.6 is 11.3 Å². The number of thiazole rings is 1. The second-order valence-corrected chi connectivity index (χ2v) is 14.7. The fourth-order valence-electron chi connectivity index (χ4n) is 6.35. The minimum Gasteiger partial charge on any atom is -0.487 e. The molecule has 5 rings (SSSR count). The first kappa shape index (κ1) is 34.8. The van der Waals surface area contributed by atoms with Gasteiger partial charge in [0.1, 0.15) is 24.6 Å². The Labute approximate surface area is 280 Å². The molecule has 2 aromatic rings. The monoisotopic (exact) mass is 668 g/mol. The third-order valence-electron chi connectivity index (χ3n) is 9.20. The van der Waals surface area contributed by atoms with Crippen molar-refractivity contribution in [1.29, 1.82) is 0 Å². The van der Waals surface area contributed by atoms with E-state index in [2.05, 4.69) is 20.9 Å². The summed E-state index contributed by atoms with van der Waals surface area (Å²) in [4.78, 5) is 61.6. The molecule has 0 spiro atoms. The summed E-state index contributed by atoms with van der Waals surface area (Å²) in [5.41, 5.74) is 3.83. The number of benzene rings is 1. The number of amides is 4. The van der Waals surface area contributed by atoms with E-state index in [1.807, 2.05) is 43.9 Å². The standard InChI is InChI=1S/C34H48N6O6S/c1-21(22-10-11-24-26(16-22)46-19-25-30(24)47-20-36-25)32(44)37-27-17-23(41)18-40(27)33(45)31(34(2,3)4)38-28(42)8-6-5-7-9-29(43)39-14-12-35-13-15-39/h10-11,16,20-21,23,27,31,35,41H,5-9,12-15,17-19H2,1-4H3,(H,37,44)(H,38,42)/t21-,23+,27-,31+/m0/s1. The van der Waals surface area contributed by atoms with Crippen LogP contribution in [0, 0.1) is 5.41 Å². The Hall–Kier alpha value is -3.55. The molecule has 4 amide bonds. The Morgan fingerprint density at radius 2 is 1.87 bits per heavy atom. The van der Waals surface area contributed by atoms with E-state index in [1.54, 1.807) is 23.8 Å². The molecule has 2 fully saturated rings. The maximum Gasteiger partial charge on any atom is 0.247 e. The average molecular weight is 669 g/mol. The van der Waals surface area contributed by atoms with Gasteiger partial charge in [-0.05, 0) is 42.9 Å². The molecule has 13 heteroatoms. The van der Waals surface area contributed by atoms with Gasteiger partial charge in [-0.2, -0.15) is 0 Å². The molecule has 2 saturated heterocycles. The number of aliphatic hydroxyl groups excluding tert-OH is 1. The molecule has 4 N–H and O–H groups in total. The fourth-order valence-corrected chi connectivity index (χ4v) is 7.17. The SMILES string of the molecule is C[C@H](C(=O)N[C@@H]1C[C@@H](O)CN1C(=O)[C@@H](NC(=O)CCCCCC(=O)N1CCNCC1)C(C)(C)C)c1ccc2c(c1)OCc1ncsc1-2. The number of likely N-dealkylation sites (tertiary alicyclic amines) is 1.